The number of oxime groups is 1. The highest BCUT2D eigenvalue weighted by Crippen LogP contribution is 2.14. The second-order valence-electron chi connectivity index (χ2n) is 3.79. The Morgan fingerprint density at radius 2 is 2.35 bits per heavy atom. The molecule has 94 valence electrons. The molecule has 0 bridgehead atoms. The maximum atomic E-state index is 8.57. The van der Waals surface area contributed by atoms with Crippen LogP contribution in [0.1, 0.15) is 37.4 Å². The first-order valence-electron chi connectivity index (χ1n) is 5.78. The topological polar surface area (TPSA) is 71.5 Å². The largest absolute Gasteiger partial charge is 0.409 e. The monoisotopic (exact) mass is 253 g/mol. The van der Waals surface area contributed by atoms with Crippen molar-refractivity contribution < 1.29 is 5.21 Å². The van der Waals surface area contributed by atoms with E-state index in [0.29, 0.717) is 5.69 Å². The van der Waals surface area contributed by atoms with Crippen molar-refractivity contribution in [3.8, 4) is 0 Å². The van der Waals surface area contributed by atoms with E-state index in [0.717, 1.165) is 11.3 Å². The van der Waals surface area contributed by atoms with Gasteiger partial charge in [0.2, 0.25) is 0 Å². The van der Waals surface area contributed by atoms with E-state index in [1.54, 1.807) is 6.20 Å². The van der Waals surface area contributed by atoms with Crippen molar-refractivity contribution in [3.63, 3.8) is 0 Å². The van der Waals surface area contributed by atoms with E-state index >= 15 is 0 Å². The van der Waals surface area contributed by atoms with Gasteiger partial charge in [0.15, 0.2) is 5.84 Å². The molecule has 3 N–H and O–H groups in total. The van der Waals surface area contributed by atoms with Crippen LogP contribution in [-0.2, 0) is 5.75 Å². The lowest BCUT2D eigenvalue weighted by atomic mass is 10.2. The molecule has 0 fully saturated rings. The molecule has 17 heavy (non-hydrogen) atoms. The molecule has 0 spiro atoms. The zero-order valence-electron chi connectivity index (χ0n) is 10.1. The molecule has 0 saturated heterocycles. The van der Waals surface area contributed by atoms with Crippen molar-refractivity contribution in [1.82, 2.24) is 4.98 Å². The molecule has 0 saturated carbocycles. The predicted octanol–water partition coefficient (Wildman–Crippen LogP) is 2.60. The van der Waals surface area contributed by atoms with Crippen LogP contribution in [0.15, 0.2) is 23.5 Å². The number of hydrogen-bond donors (Lipinski definition) is 2. The zero-order valence-corrected chi connectivity index (χ0v) is 10.9. The Hall–Kier alpha value is -1.23. The van der Waals surface area contributed by atoms with E-state index in [1.807, 2.05) is 23.9 Å². The first-order chi connectivity index (χ1) is 8.27. The molecule has 0 unspecified atom stereocenters. The summed E-state index contributed by atoms with van der Waals surface area (Å²) in [4.78, 5) is 4.04. The molecule has 0 aliphatic heterocycles. The standard InChI is InChI=1S/C12H19N3OS/c1-2-3-4-7-17-9-10-5-6-14-11(8-10)12(13)15-16/h5-6,8,16H,2-4,7,9H2,1H3,(H2,13,15). The number of nitrogens with zero attached hydrogens (tertiary/aromatic N) is 2. The van der Waals surface area contributed by atoms with Gasteiger partial charge >= 0.3 is 0 Å². The van der Waals surface area contributed by atoms with Gasteiger partial charge in [-0.25, -0.2) is 0 Å². The number of unbranched alkanes of at least 4 members (excludes halogenated alkanes) is 2. The van der Waals surface area contributed by atoms with Crippen LogP contribution in [0.2, 0.25) is 0 Å². The van der Waals surface area contributed by atoms with Gasteiger partial charge in [0, 0.05) is 11.9 Å². The van der Waals surface area contributed by atoms with Crippen molar-refractivity contribution in [2.45, 2.75) is 31.9 Å². The Morgan fingerprint density at radius 3 is 3.06 bits per heavy atom. The predicted molar refractivity (Wildman–Crippen MR) is 72.4 cm³/mol. The van der Waals surface area contributed by atoms with Gasteiger partial charge in [-0.3, -0.25) is 4.98 Å². The normalized spacial score (nSPS) is 11.7. The second-order valence-corrected chi connectivity index (χ2v) is 4.90. The molecule has 0 aromatic carbocycles. The molecule has 1 heterocycles. The highest BCUT2D eigenvalue weighted by atomic mass is 32.2. The maximum absolute atomic E-state index is 8.57. The Morgan fingerprint density at radius 1 is 1.53 bits per heavy atom. The Labute approximate surface area is 106 Å². The Bertz CT molecular complexity index is 369. The highest BCUT2D eigenvalue weighted by Gasteiger charge is 2.02. The van der Waals surface area contributed by atoms with Gasteiger partial charge in [0.1, 0.15) is 5.69 Å². The zero-order chi connectivity index (χ0) is 12.5. The number of amidine groups is 1. The Kier molecular flexibility index (Phi) is 6.47. The number of thioether (sulfide) groups is 1. The summed E-state index contributed by atoms with van der Waals surface area (Å²) in [5.74, 6) is 2.18. The van der Waals surface area contributed by atoms with Crippen LogP contribution in [0.5, 0.6) is 0 Å². The SMILES string of the molecule is CCCCCSCc1ccnc(/C(N)=N/O)c1. The minimum absolute atomic E-state index is 0.0582. The van der Waals surface area contributed by atoms with Crippen molar-refractivity contribution in [2.75, 3.05) is 5.75 Å². The summed E-state index contributed by atoms with van der Waals surface area (Å²) < 4.78 is 0. The van der Waals surface area contributed by atoms with Crippen LogP contribution in [0.4, 0.5) is 0 Å². The van der Waals surface area contributed by atoms with E-state index in [1.165, 1.54) is 25.0 Å². The van der Waals surface area contributed by atoms with Gasteiger partial charge in [-0.15, -0.1) is 0 Å². The first-order valence-corrected chi connectivity index (χ1v) is 6.94. The second kappa shape index (κ2) is 7.95. The molecule has 4 nitrogen and oxygen atoms in total. The van der Waals surface area contributed by atoms with Crippen LogP contribution in [0.25, 0.3) is 0 Å². The first kappa shape index (κ1) is 13.8. The van der Waals surface area contributed by atoms with E-state index in [4.69, 9.17) is 10.9 Å². The molecule has 1 aromatic heterocycles. The van der Waals surface area contributed by atoms with Crippen LogP contribution >= 0.6 is 11.8 Å². The third-order valence-corrected chi connectivity index (χ3v) is 3.47. The maximum Gasteiger partial charge on any atom is 0.188 e. The van der Waals surface area contributed by atoms with Crippen molar-refractivity contribution in [3.05, 3.63) is 29.6 Å². The molecule has 0 aliphatic rings. The average molecular weight is 253 g/mol. The molecule has 1 aromatic rings. The summed E-state index contributed by atoms with van der Waals surface area (Å²) in [5, 5.41) is 11.5. The number of rotatable bonds is 7. The molecule has 5 heteroatoms. The highest BCUT2D eigenvalue weighted by molar-refractivity contribution is 7.98. The molecular formula is C12H19N3OS. The fourth-order valence-electron chi connectivity index (χ4n) is 1.40. The number of nitrogens with two attached hydrogens (primary N) is 1. The summed E-state index contributed by atoms with van der Waals surface area (Å²) in [6.07, 6.45) is 5.50. The summed E-state index contributed by atoms with van der Waals surface area (Å²) in [7, 11) is 0. The number of aromatic nitrogens is 1. The summed E-state index contributed by atoms with van der Waals surface area (Å²) >= 11 is 1.90. The third kappa shape index (κ3) is 5.08. The van der Waals surface area contributed by atoms with Gasteiger partial charge in [-0.1, -0.05) is 24.9 Å². The van der Waals surface area contributed by atoms with Crippen molar-refractivity contribution in [2.24, 2.45) is 10.9 Å². The lowest BCUT2D eigenvalue weighted by molar-refractivity contribution is 0.318. The average Bonchev–Trinajstić information content (AvgIpc) is 2.38. The van der Waals surface area contributed by atoms with Crippen LogP contribution < -0.4 is 5.73 Å². The smallest absolute Gasteiger partial charge is 0.188 e. The quantitative estimate of drug-likeness (QED) is 0.257. The van der Waals surface area contributed by atoms with E-state index in [9.17, 15) is 0 Å². The van der Waals surface area contributed by atoms with Gasteiger partial charge in [-0.05, 0) is 29.9 Å². The summed E-state index contributed by atoms with van der Waals surface area (Å²) in [6.45, 7) is 2.21. The lowest BCUT2D eigenvalue weighted by Gasteiger charge is -2.03. The fraction of sp³-hybridized carbons (Fsp3) is 0.500. The molecule has 1 rings (SSSR count). The van der Waals surface area contributed by atoms with Gasteiger partial charge in [0.25, 0.3) is 0 Å². The molecular weight excluding hydrogens is 234 g/mol. The minimum atomic E-state index is 0.0582. The number of hydrogen-bond acceptors (Lipinski definition) is 4. The molecule has 0 aliphatic carbocycles. The fourth-order valence-corrected chi connectivity index (χ4v) is 2.37. The van der Waals surface area contributed by atoms with Crippen LogP contribution in [-0.4, -0.2) is 21.8 Å². The minimum Gasteiger partial charge on any atom is -0.409 e. The number of pyridine rings is 1. The van der Waals surface area contributed by atoms with E-state index in [2.05, 4.69) is 17.1 Å². The van der Waals surface area contributed by atoms with Gasteiger partial charge in [0.05, 0.1) is 0 Å². The van der Waals surface area contributed by atoms with Crippen LogP contribution in [0, 0.1) is 0 Å². The van der Waals surface area contributed by atoms with Crippen LogP contribution in [0.3, 0.4) is 0 Å². The van der Waals surface area contributed by atoms with Crippen molar-refractivity contribution >= 4 is 17.6 Å². The van der Waals surface area contributed by atoms with E-state index < -0.39 is 0 Å². The molecule has 0 amide bonds. The van der Waals surface area contributed by atoms with Gasteiger partial charge < -0.3 is 10.9 Å². The summed E-state index contributed by atoms with van der Waals surface area (Å²) in [5.41, 5.74) is 7.17. The third-order valence-electron chi connectivity index (χ3n) is 2.36. The Balaban J connectivity index is 2.43. The lowest BCUT2D eigenvalue weighted by Crippen LogP contribution is -2.15. The van der Waals surface area contributed by atoms with Crippen molar-refractivity contribution in [1.29, 1.82) is 0 Å². The van der Waals surface area contributed by atoms with Gasteiger partial charge in [-0.2, -0.15) is 11.8 Å². The molecule has 0 atom stereocenters. The summed E-state index contributed by atoms with van der Waals surface area (Å²) in [6, 6.07) is 3.82. The van der Waals surface area contributed by atoms with E-state index in [-0.39, 0.29) is 5.84 Å². The molecule has 0 radical (unpaired) electrons.